The summed E-state index contributed by atoms with van der Waals surface area (Å²) in [4.78, 5) is 39.6. The zero-order valence-electron chi connectivity index (χ0n) is 17.9. The van der Waals surface area contributed by atoms with Crippen molar-refractivity contribution in [2.24, 2.45) is 11.8 Å². The predicted molar refractivity (Wildman–Crippen MR) is 115 cm³/mol. The van der Waals surface area contributed by atoms with Gasteiger partial charge in [-0.2, -0.15) is 0 Å². The number of benzene rings is 1. The van der Waals surface area contributed by atoms with Crippen molar-refractivity contribution in [3.05, 3.63) is 30.3 Å². The number of ether oxygens (including phenoxy) is 1. The molecule has 1 aromatic carbocycles. The first-order valence-electron chi connectivity index (χ1n) is 11.0. The molecular formula is C23H33N3O4. The number of amides is 3. The van der Waals surface area contributed by atoms with Gasteiger partial charge in [0.1, 0.15) is 6.04 Å². The molecule has 0 bridgehead atoms. The lowest BCUT2D eigenvalue weighted by molar-refractivity contribution is -0.156. The van der Waals surface area contributed by atoms with Gasteiger partial charge in [0.05, 0.1) is 0 Å². The predicted octanol–water partition coefficient (Wildman–Crippen LogP) is 3.56. The molecule has 1 aromatic rings. The van der Waals surface area contributed by atoms with Crippen molar-refractivity contribution in [1.82, 2.24) is 10.2 Å². The van der Waals surface area contributed by atoms with Crippen LogP contribution in [-0.4, -0.2) is 48.0 Å². The van der Waals surface area contributed by atoms with Crippen LogP contribution in [0.1, 0.15) is 52.4 Å². The molecule has 3 amide bonds. The number of nitrogens with zero attached hydrogens (tertiary/aromatic N) is 1. The van der Waals surface area contributed by atoms with E-state index in [4.69, 9.17) is 4.74 Å². The number of likely N-dealkylation sites (tertiary alicyclic amines) is 1. The molecular weight excluding hydrogens is 382 g/mol. The van der Waals surface area contributed by atoms with E-state index >= 15 is 0 Å². The van der Waals surface area contributed by atoms with Crippen LogP contribution in [0, 0.1) is 11.8 Å². The van der Waals surface area contributed by atoms with Crippen molar-refractivity contribution in [3.8, 4) is 0 Å². The molecule has 0 radical (unpaired) electrons. The molecule has 7 heteroatoms. The lowest BCUT2D eigenvalue weighted by Crippen LogP contribution is -2.52. The van der Waals surface area contributed by atoms with E-state index in [0.717, 1.165) is 25.8 Å². The number of rotatable bonds is 6. The number of urea groups is 1. The first-order valence-corrected chi connectivity index (χ1v) is 11.0. The third kappa shape index (κ3) is 5.74. The van der Waals surface area contributed by atoms with Crippen LogP contribution in [0.4, 0.5) is 10.5 Å². The molecule has 30 heavy (non-hydrogen) atoms. The van der Waals surface area contributed by atoms with E-state index in [2.05, 4.69) is 10.6 Å². The Morgan fingerprint density at radius 2 is 1.77 bits per heavy atom. The monoisotopic (exact) mass is 415 g/mol. The third-order valence-corrected chi connectivity index (χ3v) is 6.14. The van der Waals surface area contributed by atoms with Crippen LogP contribution in [0.2, 0.25) is 0 Å². The summed E-state index contributed by atoms with van der Waals surface area (Å²) in [6.07, 6.45) is 6.82. The van der Waals surface area contributed by atoms with E-state index < -0.39 is 18.0 Å². The fourth-order valence-electron chi connectivity index (χ4n) is 4.57. The molecule has 1 saturated heterocycles. The summed E-state index contributed by atoms with van der Waals surface area (Å²) in [5.41, 5.74) is 0.633. The highest BCUT2D eigenvalue weighted by molar-refractivity contribution is 5.93. The largest absolute Gasteiger partial charge is 0.454 e. The quantitative estimate of drug-likeness (QED) is 0.696. The molecule has 0 spiro atoms. The zero-order chi connectivity index (χ0) is 21.5. The second-order valence-corrected chi connectivity index (χ2v) is 8.64. The third-order valence-electron chi connectivity index (χ3n) is 6.14. The minimum absolute atomic E-state index is 0.129. The zero-order valence-corrected chi connectivity index (χ0v) is 17.9. The maximum atomic E-state index is 12.8. The Labute approximate surface area is 178 Å². The van der Waals surface area contributed by atoms with E-state index in [9.17, 15) is 14.4 Å². The summed E-state index contributed by atoms with van der Waals surface area (Å²) in [6, 6.07) is 7.98. The second-order valence-electron chi connectivity index (χ2n) is 8.64. The van der Waals surface area contributed by atoms with Crippen LogP contribution in [0.25, 0.3) is 0 Å². The van der Waals surface area contributed by atoms with Gasteiger partial charge in [-0.05, 0) is 49.7 Å². The Bertz CT molecular complexity index is 735. The molecule has 7 nitrogen and oxygen atoms in total. The van der Waals surface area contributed by atoms with Crippen molar-refractivity contribution in [2.75, 3.05) is 18.5 Å². The number of piperidine rings is 1. The highest BCUT2D eigenvalue weighted by Gasteiger charge is 2.36. The minimum atomic E-state index is -0.828. The van der Waals surface area contributed by atoms with Gasteiger partial charge in [0, 0.05) is 18.3 Å². The molecule has 164 valence electrons. The number of nitrogens with one attached hydrogen (secondary N) is 2. The first-order chi connectivity index (χ1) is 14.5. The minimum Gasteiger partial charge on any atom is -0.454 e. The molecule has 1 heterocycles. The van der Waals surface area contributed by atoms with Gasteiger partial charge in [0.15, 0.2) is 6.61 Å². The Kier molecular flexibility index (Phi) is 7.71. The van der Waals surface area contributed by atoms with Crippen molar-refractivity contribution < 1.29 is 19.1 Å². The lowest BCUT2D eigenvalue weighted by Gasteiger charge is -2.44. The van der Waals surface area contributed by atoms with Gasteiger partial charge in [0.2, 0.25) is 0 Å². The SMILES string of the molecule is CC(C)[C@@H](NC(=O)Nc1ccccc1)C(=O)OCC(=O)N1CCC[C@H]2CCCC[C@@H]21. The van der Waals surface area contributed by atoms with Gasteiger partial charge in [-0.15, -0.1) is 0 Å². The number of para-hydroxylation sites is 1. The molecule has 3 atom stereocenters. The van der Waals surface area contributed by atoms with E-state index in [-0.39, 0.29) is 24.5 Å². The van der Waals surface area contributed by atoms with Crippen LogP contribution in [0.3, 0.4) is 0 Å². The molecule has 2 N–H and O–H groups in total. The molecule has 2 fully saturated rings. The van der Waals surface area contributed by atoms with Gasteiger partial charge in [0.25, 0.3) is 5.91 Å². The fraction of sp³-hybridized carbons (Fsp3) is 0.609. The van der Waals surface area contributed by atoms with Crippen molar-refractivity contribution in [3.63, 3.8) is 0 Å². The van der Waals surface area contributed by atoms with Gasteiger partial charge in [-0.3, -0.25) is 4.79 Å². The van der Waals surface area contributed by atoms with Gasteiger partial charge >= 0.3 is 12.0 Å². The van der Waals surface area contributed by atoms with Gasteiger partial charge < -0.3 is 20.3 Å². The molecule has 3 rings (SSSR count). The molecule has 1 saturated carbocycles. The Hall–Kier alpha value is -2.57. The summed E-state index contributed by atoms with van der Waals surface area (Å²) in [5, 5.41) is 5.36. The van der Waals surface area contributed by atoms with Crippen molar-refractivity contribution >= 4 is 23.6 Å². The molecule has 1 aliphatic heterocycles. The highest BCUT2D eigenvalue weighted by Crippen LogP contribution is 2.35. The summed E-state index contributed by atoms with van der Waals surface area (Å²) >= 11 is 0. The first kappa shape index (κ1) is 22.1. The highest BCUT2D eigenvalue weighted by atomic mass is 16.5. The Morgan fingerprint density at radius 1 is 1.07 bits per heavy atom. The van der Waals surface area contributed by atoms with E-state index in [1.165, 1.54) is 19.3 Å². The summed E-state index contributed by atoms with van der Waals surface area (Å²) in [6.45, 7) is 4.12. The van der Waals surface area contributed by atoms with Crippen LogP contribution >= 0.6 is 0 Å². The smallest absolute Gasteiger partial charge is 0.329 e. The second kappa shape index (κ2) is 10.5. The maximum absolute atomic E-state index is 12.8. The summed E-state index contributed by atoms with van der Waals surface area (Å²) in [7, 11) is 0. The fourth-order valence-corrected chi connectivity index (χ4v) is 4.57. The number of hydrogen-bond donors (Lipinski definition) is 2. The molecule has 1 aliphatic carbocycles. The number of fused-ring (bicyclic) bond motifs is 1. The topological polar surface area (TPSA) is 87.7 Å². The Balaban J connectivity index is 1.52. The lowest BCUT2D eigenvalue weighted by atomic mass is 9.78. The molecule has 0 aromatic heterocycles. The summed E-state index contributed by atoms with van der Waals surface area (Å²) < 4.78 is 5.34. The van der Waals surface area contributed by atoms with Crippen LogP contribution in [-0.2, 0) is 14.3 Å². The number of hydrogen-bond acceptors (Lipinski definition) is 4. The summed E-state index contributed by atoms with van der Waals surface area (Å²) in [5.74, 6) is -0.305. The number of carbonyl (C=O) groups excluding carboxylic acids is 3. The molecule has 2 aliphatic rings. The maximum Gasteiger partial charge on any atom is 0.329 e. The van der Waals surface area contributed by atoms with Crippen molar-refractivity contribution in [2.45, 2.75) is 64.5 Å². The van der Waals surface area contributed by atoms with E-state index in [0.29, 0.717) is 11.6 Å². The average Bonchev–Trinajstić information content (AvgIpc) is 2.75. The van der Waals surface area contributed by atoms with Crippen molar-refractivity contribution in [1.29, 1.82) is 0 Å². The average molecular weight is 416 g/mol. The standard InChI is InChI=1S/C23H33N3O4/c1-16(2)21(25-23(29)24-18-11-4-3-5-12-18)22(28)30-15-20(27)26-14-8-10-17-9-6-7-13-19(17)26/h3-5,11-12,16-17,19,21H,6-10,13-15H2,1-2H3,(H2,24,25,29)/t17-,19+,21-/m1/s1. The molecule has 0 unspecified atom stereocenters. The number of esters is 1. The van der Waals surface area contributed by atoms with Crippen LogP contribution in [0.5, 0.6) is 0 Å². The van der Waals surface area contributed by atoms with Crippen LogP contribution in [0.15, 0.2) is 30.3 Å². The number of anilines is 1. The number of carbonyl (C=O) groups is 3. The van der Waals surface area contributed by atoms with Crippen LogP contribution < -0.4 is 10.6 Å². The van der Waals surface area contributed by atoms with Gasteiger partial charge in [-0.1, -0.05) is 44.9 Å². The Morgan fingerprint density at radius 3 is 2.50 bits per heavy atom. The van der Waals surface area contributed by atoms with Gasteiger partial charge in [-0.25, -0.2) is 9.59 Å². The van der Waals surface area contributed by atoms with E-state index in [1.54, 1.807) is 12.1 Å². The normalized spacial score (nSPS) is 22.0. The van der Waals surface area contributed by atoms with E-state index in [1.807, 2.05) is 36.9 Å².